The Hall–Kier alpha value is -1.94. The summed E-state index contributed by atoms with van der Waals surface area (Å²) in [7, 11) is 0. The zero-order valence-corrected chi connectivity index (χ0v) is 18.6. The van der Waals surface area contributed by atoms with E-state index in [1.165, 1.54) is 18.6 Å². The van der Waals surface area contributed by atoms with Crippen molar-refractivity contribution in [2.45, 2.75) is 51.0 Å². The van der Waals surface area contributed by atoms with Crippen LogP contribution < -0.4 is 15.4 Å². The first-order valence-electron chi connectivity index (χ1n) is 9.78. The van der Waals surface area contributed by atoms with E-state index in [2.05, 4.69) is 27.5 Å². The summed E-state index contributed by atoms with van der Waals surface area (Å²) in [6, 6.07) is 9.91. The third-order valence-corrected chi connectivity index (χ3v) is 5.03. The number of halogens is 2. The lowest BCUT2D eigenvalue weighted by atomic mass is 9.96. The van der Waals surface area contributed by atoms with Gasteiger partial charge in [-0.1, -0.05) is 6.07 Å². The van der Waals surface area contributed by atoms with E-state index in [9.17, 15) is 4.39 Å². The van der Waals surface area contributed by atoms with Gasteiger partial charge in [0.15, 0.2) is 5.96 Å². The predicted octanol–water partition coefficient (Wildman–Crippen LogP) is 4.01. The normalized spacial score (nSPS) is 22.8. The molecule has 2 fully saturated rings. The highest BCUT2D eigenvalue weighted by molar-refractivity contribution is 14.0. The third-order valence-electron chi connectivity index (χ3n) is 5.03. The van der Waals surface area contributed by atoms with Crippen molar-refractivity contribution < 1.29 is 13.9 Å². The van der Waals surface area contributed by atoms with Gasteiger partial charge in [0.1, 0.15) is 11.6 Å². The Morgan fingerprint density at radius 2 is 2.07 bits per heavy atom. The van der Waals surface area contributed by atoms with Crippen LogP contribution in [0.4, 0.5) is 4.39 Å². The number of aromatic nitrogens is 1. The summed E-state index contributed by atoms with van der Waals surface area (Å²) in [6.45, 7) is 3.37. The number of hydrogen-bond donors (Lipinski definition) is 2. The van der Waals surface area contributed by atoms with Crippen LogP contribution in [0.15, 0.2) is 47.6 Å². The molecule has 1 aromatic carbocycles. The van der Waals surface area contributed by atoms with Crippen LogP contribution in [-0.4, -0.2) is 35.7 Å². The minimum absolute atomic E-state index is 0. The standard InChI is InChI=1S/C21H25FN4O2.HI/c1-2-23-21(26-18-11-17-8-9-19(18)27-17)25-13-14-3-10-20(24-12-14)28-16-6-4-15(22)5-7-16;/h3-7,10,12,17-19H,2,8-9,11,13H2,1H3,(H2,23,25,26);1H. The number of pyridine rings is 1. The van der Waals surface area contributed by atoms with Crippen molar-refractivity contribution in [2.24, 2.45) is 4.99 Å². The maximum absolute atomic E-state index is 13.0. The van der Waals surface area contributed by atoms with Crippen molar-refractivity contribution in [3.05, 3.63) is 54.0 Å². The average Bonchev–Trinajstić information content (AvgIpc) is 3.32. The topological polar surface area (TPSA) is 67.8 Å². The zero-order chi connectivity index (χ0) is 19.3. The van der Waals surface area contributed by atoms with Crippen LogP contribution in [0.3, 0.4) is 0 Å². The Balaban J connectivity index is 0.00000240. The van der Waals surface area contributed by atoms with Crippen LogP contribution in [0.25, 0.3) is 0 Å². The number of nitrogens with one attached hydrogen (secondary N) is 2. The molecule has 8 heteroatoms. The molecule has 4 rings (SSSR count). The molecule has 3 unspecified atom stereocenters. The van der Waals surface area contributed by atoms with Gasteiger partial charge in [0, 0.05) is 18.8 Å². The summed E-state index contributed by atoms with van der Waals surface area (Å²) in [5.41, 5.74) is 0.979. The fourth-order valence-electron chi connectivity index (χ4n) is 3.64. The van der Waals surface area contributed by atoms with E-state index in [1.807, 2.05) is 6.07 Å². The maximum Gasteiger partial charge on any atom is 0.219 e. The van der Waals surface area contributed by atoms with Gasteiger partial charge in [-0.2, -0.15) is 0 Å². The third kappa shape index (κ3) is 5.79. The molecule has 6 nitrogen and oxygen atoms in total. The first kappa shape index (κ1) is 21.8. The quantitative estimate of drug-likeness (QED) is 0.348. The number of hydrogen-bond acceptors (Lipinski definition) is 4. The molecular weight excluding hydrogens is 486 g/mol. The second-order valence-electron chi connectivity index (χ2n) is 7.12. The Labute approximate surface area is 187 Å². The van der Waals surface area contributed by atoms with Crippen LogP contribution in [-0.2, 0) is 11.3 Å². The molecule has 2 aromatic rings. The van der Waals surface area contributed by atoms with Crippen LogP contribution in [0.5, 0.6) is 11.6 Å². The van der Waals surface area contributed by atoms with E-state index >= 15 is 0 Å². The minimum Gasteiger partial charge on any atom is -0.439 e. The van der Waals surface area contributed by atoms with Gasteiger partial charge >= 0.3 is 0 Å². The highest BCUT2D eigenvalue weighted by atomic mass is 127. The molecule has 1 aromatic heterocycles. The zero-order valence-electron chi connectivity index (χ0n) is 16.3. The number of nitrogens with zero attached hydrogens (tertiary/aromatic N) is 2. The predicted molar refractivity (Wildman–Crippen MR) is 120 cm³/mol. The maximum atomic E-state index is 13.0. The summed E-state index contributed by atoms with van der Waals surface area (Å²) in [5, 5.41) is 6.80. The van der Waals surface area contributed by atoms with Crippen molar-refractivity contribution in [2.75, 3.05) is 6.54 Å². The monoisotopic (exact) mass is 512 g/mol. The van der Waals surface area contributed by atoms with Gasteiger partial charge in [0.25, 0.3) is 0 Å². The first-order valence-corrected chi connectivity index (χ1v) is 9.78. The highest BCUT2D eigenvalue weighted by Gasteiger charge is 2.41. The van der Waals surface area contributed by atoms with Crippen molar-refractivity contribution in [3.8, 4) is 11.6 Å². The molecule has 156 valence electrons. The number of guanidine groups is 1. The SMILES string of the molecule is CCNC(=NCc1ccc(Oc2ccc(F)cc2)nc1)NC1CC2CCC1O2.I. The summed E-state index contributed by atoms with van der Waals surface area (Å²) < 4.78 is 24.5. The largest absolute Gasteiger partial charge is 0.439 e. The van der Waals surface area contributed by atoms with Gasteiger partial charge < -0.3 is 20.1 Å². The van der Waals surface area contributed by atoms with Gasteiger partial charge in [-0.25, -0.2) is 14.4 Å². The fraction of sp³-hybridized carbons (Fsp3) is 0.429. The Kier molecular flexibility index (Phi) is 7.65. The van der Waals surface area contributed by atoms with Gasteiger partial charge in [-0.3, -0.25) is 0 Å². The van der Waals surface area contributed by atoms with E-state index < -0.39 is 0 Å². The molecule has 2 aliphatic rings. The Morgan fingerprint density at radius 3 is 2.69 bits per heavy atom. The smallest absolute Gasteiger partial charge is 0.219 e. The van der Waals surface area contributed by atoms with Crippen LogP contribution in [0.2, 0.25) is 0 Å². The molecule has 2 N–H and O–H groups in total. The second kappa shape index (κ2) is 10.2. The first-order chi connectivity index (χ1) is 13.7. The lowest BCUT2D eigenvalue weighted by Gasteiger charge is -2.22. The van der Waals surface area contributed by atoms with Crippen molar-refractivity contribution in [1.82, 2.24) is 15.6 Å². The molecule has 29 heavy (non-hydrogen) atoms. The molecule has 0 spiro atoms. The molecule has 0 amide bonds. The fourth-order valence-corrected chi connectivity index (χ4v) is 3.64. The van der Waals surface area contributed by atoms with Crippen molar-refractivity contribution in [3.63, 3.8) is 0 Å². The second-order valence-corrected chi connectivity index (χ2v) is 7.12. The molecule has 2 saturated heterocycles. The lowest BCUT2D eigenvalue weighted by molar-refractivity contribution is 0.0992. The number of rotatable bonds is 6. The Morgan fingerprint density at radius 1 is 1.24 bits per heavy atom. The van der Waals surface area contributed by atoms with E-state index in [4.69, 9.17) is 9.47 Å². The number of benzene rings is 1. The van der Waals surface area contributed by atoms with E-state index in [0.29, 0.717) is 36.4 Å². The van der Waals surface area contributed by atoms with Gasteiger partial charge in [0.2, 0.25) is 5.88 Å². The molecule has 0 aliphatic carbocycles. The van der Waals surface area contributed by atoms with E-state index in [1.54, 1.807) is 24.4 Å². The van der Waals surface area contributed by atoms with Gasteiger partial charge in [-0.05, 0) is 56.0 Å². The highest BCUT2D eigenvalue weighted by Crippen LogP contribution is 2.34. The van der Waals surface area contributed by atoms with Crippen molar-refractivity contribution >= 4 is 29.9 Å². The molecular formula is C21H26FIN4O2. The minimum atomic E-state index is -0.296. The van der Waals surface area contributed by atoms with Crippen LogP contribution >= 0.6 is 24.0 Å². The summed E-state index contributed by atoms with van der Waals surface area (Å²) in [4.78, 5) is 8.98. The molecule has 2 aliphatic heterocycles. The van der Waals surface area contributed by atoms with Gasteiger partial charge in [0.05, 0.1) is 24.8 Å². The summed E-state index contributed by atoms with van der Waals surface area (Å²) >= 11 is 0. The number of ether oxygens (including phenoxy) is 2. The Bertz CT molecular complexity index is 816. The lowest BCUT2D eigenvalue weighted by Crippen LogP contribution is -2.47. The summed E-state index contributed by atoms with van der Waals surface area (Å²) in [6.07, 6.45) is 5.80. The summed E-state index contributed by atoms with van der Waals surface area (Å²) in [5.74, 6) is 1.51. The molecule has 0 saturated carbocycles. The van der Waals surface area contributed by atoms with E-state index in [-0.39, 0.29) is 29.8 Å². The molecule has 3 atom stereocenters. The number of aliphatic imine (C=N–C) groups is 1. The molecule has 0 radical (unpaired) electrons. The van der Waals surface area contributed by atoms with Gasteiger partial charge in [-0.15, -0.1) is 24.0 Å². The molecule has 2 bridgehead atoms. The average molecular weight is 512 g/mol. The number of fused-ring (bicyclic) bond motifs is 2. The van der Waals surface area contributed by atoms with Crippen LogP contribution in [0.1, 0.15) is 31.7 Å². The van der Waals surface area contributed by atoms with E-state index in [0.717, 1.165) is 30.9 Å². The van der Waals surface area contributed by atoms with Crippen LogP contribution in [0, 0.1) is 5.82 Å². The van der Waals surface area contributed by atoms with Crippen molar-refractivity contribution in [1.29, 1.82) is 0 Å². The molecule has 3 heterocycles.